The zero-order valence-corrected chi connectivity index (χ0v) is 19.3. The lowest BCUT2D eigenvalue weighted by Crippen LogP contribution is -2.58. The van der Waals surface area contributed by atoms with Gasteiger partial charge in [-0.15, -0.1) is 0 Å². The minimum atomic E-state index is -0.286. The lowest BCUT2D eigenvalue weighted by molar-refractivity contribution is 0.0621. The number of anilines is 1. The van der Waals surface area contributed by atoms with Crippen molar-refractivity contribution in [3.63, 3.8) is 0 Å². The highest BCUT2D eigenvalue weighted by Gasteiger charge is 2.47. The summed E-state index contributed by atoms with van der Waals surface area (Å²) in [7, 11) is 0. The summed E-state index contributed by atoms with van der Waals surface area (Å²) < 4.78 is 7.93. The molecule has 7 rings (SSSR count). The third kappa shape index (κ3) is 2.74. The first-order valence-corrected chi connectivity index (χ1v) is 12.4. The minimum Gasteiger partial charge on any atom is -0.381 e. The average molecular weight is 463 g/mol. The van der Waals surface area contributed by atoms with E-state index in [1.165, 1.54) is 24.1 Å². The second kappa shape index (κ2) is 7.05. The molecule has 0 aliphatic carbocycles. The number of rotatable bonds is 1. The fourth-order valence-corrected chi connectivity index (χ4v) is 6.75. The van der Waals surface area contributed by atoms with E-state index in [1.54, 1.807) is 6.07 Å². The minimum absolute atomic E-state index is 0.240. The Morgan fingerprint density at radius 2 is 1.82 bits per heavy atom. The quantitative estimate of drug-likeness (QED) is 0.598. The first kappa shape index (κ1) is 20.0. The van der Waals surface area contributed by atoms with Gasteiger partial charge in [-0.05, 0) is 60.9 Å². The van der Waals surface area contributed by atoms with E-state index >= 15 is 0 Å². The fourth-order valence-electron chi connectivity index (χ4n) is 6.50. The summed E-state index contributed by atoms with van der Waals surface area (Å²) in [6.07, 6.45) is 4.14. The summed E-state index contributed by atoms with van der Waals surface area (Å²) in [5.41, 5.74) is 4.47. The van der Waals surface area contributed by atoms with E-state index in [-0.39, 0.29) is 11.0 Å². The highest BCUT2D eigenvalue weighted by atomic mass is 35.5. The molecular formula is C26H27ClN4O2. The lowest BCUT2D eigenvalue weighted by atomic mass is 9.73. The molecule has 0 unspecified atom stereocenters. The van der Waals surface area contributed by atoms with Gasteiger partial charge in [0.25, 0.3) is 5.56 Å². The van der Waals surface area contributed by atoms with Crippen LogP contribution in [0.25, 0.3) is 16.6 Å². The molecule has 0 amide bonds. The van der Waals surface area contributed by atoms with Gasteiger partial charge in [0.2, 0.25) is 0 Å². The van der Waals surface area contributed by atoms with Gasteiger partial charge in [-0.2, -0.15) is 4.98 Å². The van der Waals surface area contributed by atoms with E-state index in [4.69, 9.17) is 16.3 Å². The summed E-state index contributed by atoms with van der Waals surface area (Å²) in [6, 6.07) is 12.6. The first-order valence-electron chi connectivity index (χ1n) is 12.0. The SMILES string of the molecule is O=c1nc2n(c3cccc(Cl)c13)-c1cc(N3CCC4(CC3)CNC4)ccc1C21CCOCC1. The van der Waals surface area contributed by atoms with Crippen molar-refractivity contribution in [1.29, 1.82) is 0 Å². The van der Waals surface area contributed by atoms with Crippen LogP contribution in [-0.2, 0) is 10.2 Å². The maximum absolute atomic E-state index is 13.1. The van der Waals surface area contributed by atoms with Crippen LogP contribution >= 0.6 is 11.6 Å². The van der Waals surface area contributed by atoms with Gasteiger partial charge in [0.15, 0.2) is 0 Å². The van der Waals surface area contributed by atoms with Crippen molar-refractivity contribution in [2.24, 2.45) is 5.41 Å². The Morgan fingerprint density at radius 1 is 1.03 bits per heavy atom. The zero-order chi connectivity index (χ0) is 22.2. The van der Waals surface area contributed by atoms with Crippen LogP contribution in [0.3, 0.4) is 0 Å². The third-order valence-electron chi connectivity index (χ3n) is 8.57. The standard InChI is InChI=1S/C26H27ClN4O2/c27-19-2-1-3-20-22(19)23(32)29-24-26(8-12-33-13-9-26)18-5-4-17(14-21(18)31(20)24)30-10-6-25(7-11-30)15-28-16-25/h1-5,14,28H,6-13,15-16H2. The summed E-state index contributed by atoms with van der Waals surface area (Å²) in [5, 5.41) is 4.42. The van der Waals surface area contributed by atoms with Crippen LogP contribution in [0.15, 0.2) is 41.2 Å². The van der Waals surface area contributed by atoms with Gasteiger partial charge in [0, 0.05) is 45.1 Å². The van der Waals surface area contributed by atoms with Gasteiger partial charge >= 0.3 is 0 Å². The number of fused-ring (bicyclic) bond motifs is 7. The third-order valence-corrected chi connectivity index (χ3v) is 8.88. The summed E-state index contributed by atoms with van der Waals surface area (Å²) in [4.78, 5) is 20.3. The number of ether oxygens (including phenoxy) is 1. The van der Waals surface area contributed by atoms with Crippen LogP contribution in [-0.4, -0.2) is 48.9 Å². The molecule has 0 atom stereocenters. The number of piperidine rings is 1. The number of aromatic nitrogens is 2. The number of hydrogen-bond acceptors (Lipinski definition) is 5. The van der Waals surface area contributed by atoms with Crippen LogP contribution in [0.5, 0.6) is 0 Å². The van der Waals surface area contributed by atoms with Crippen molar-refractivity contribution in [3.05, 3.63) is 63.2 Å². The molecule has 7 heteroatoms. The number of hydrogen-bond donors (Lipinski definition) is 1. The maximum Gasteiger partial charge on any atom is 0.282 e. The smallest absolute Gasteiger partial charge is 0.282 e. The van der Waals surface area contributed by atoms with Gasteiger partial charge < -0.3 is 15.0 Å². The van der Waals surface area contributed by atoms with Crippen molar-refractivity contribution >= 4 is 28.2 Å². The van der Waals surface area contributed by atoms with E-state index in [1.807, 2.05) is 12.1 Å². The second-order valence-electron chi connectivity index (χ2n) is 10.2. The predicted molar refractivity (Wildman–Crippen MR) is 130 cm³/mol. The van der Waals surface area contributed by atoms with Crippen LogP contribution in [0.2, 0.25) is 5.02 Å². The average Bonchev–Trinajstić information content (AvgIpc) is 3.07. The topological polar surface area (TPSA) is 59.4 Å². The molecule has 33 heavy (non-hydrogen) atoms. The van der Waals surface area contributed by atoms with Crippen molar-refractivity contribution in [3.8, 4) is 5.69 Å². The van der Waals surface area contributed by atoms with Crippen LogP contribution in [0.4, 0.5) is 5.69 Å². The molecule has 3 saturated heterocycles. The molecule has 0 saturated carbocycles. The maximum atomic E-state index is 13.1. The largest absolute Gasteiger partial charge is 0.381 e. The van der Waals surface area contributed by atoms with E-state index in [0.29, 0.717) is 29.0 Å². The molecule has 4 aliphatic rings. The van der Waals surface area contributed by atoms with E-state index in [9.17, 15) is 4.79 Å². The lowest BCUT2D eigenvalue weighted by Gasteiger charge is -2.49. The molecule has 1 aromatic heterocycles. The number of nitrogens with one attached hydrogen (secondary N) is 1. The molecular weight excluding hydrogens is 436 g/mol. The molecule has 2 spiro atoms. The van der Waals surface area contributed by atoms with Gasteiger partial charge in [0.05, 0.1) is 27.0 Å². The van der Waals surface area contributed by atoms with E-state index in [2.05, 4.69) is 38.0 Å². The Labute approximate surface area is 197 Å². The molecule has 0 radical (unpaired) electrons. The Kier molecular flexibility index (Phi) is 4.27. The van der Waals surface area contributed by atoms with Gasteiger partial charge in [-0.25, -0.2) is 0 Å². The zero-order valence-electron chi connectivity index (χ0n) is 18.6. The normalized spacial score (nSPS) is 22.4. The van der Waals surface area contributed by atoms with Crippen molar-refractivity contribution < 1.29 is 4.74 Å². The van der Waals surface area contributed by atoms with Crippen molar-refractivity contribution in [2.45, 2.75) is 31.1 Å². The number of halogens is 1. The van der Waals surface area contributed by atoms with Crippen LogP contribution in [0, 0.1) is 5.41 Å². The highest BCUT2D eigenvalue weighted by molar-refractivity contribution is 6.35. The molecule has 4 aliphatic heterocycles. The summed E-state index contributed by atoms with van der Waals surface area (Å²) in [6.45, 7) is 5.84. The first-order chi connectivity index (χ1) is 16.1. The Hall–Kier alpha value is -2.41. The Balaban J connectivity index is 1.41. The molecule has 2 aromatic carbocycles. The molecule has 3 fully saturated rings. The Bertz CT molecular complexity index is 1330. The molecule has 6 nitrogen and oxygen atoms in total. The summed E-state index contributed by atoms with van der Waals surface area (Å²) >= 11 is 6.48. The van der Waals surface area contributed by atoms with Gasteiger partial charge in [-0.1, -0.05) is 23.7 Å². The fraction of sp³-hybridized carbons (Fsp3) is 0.462. The predicted octanol–water partition coefficient (Wildman–Crippen LogP) is 3.64. The molecule has 3 aromatic rings. The number of benzene rings is 2. The van der Waals surface area contributed by atoms with Crippen LogP contribution in [0.1, 0.15) is 37.1 Å². The second-order valence-corrected chi connectivity index (χ2v) is 10.6. The van der Waals surface area contributed by atoms with Crippen molar-refractivity contribution in [2.75, 3.05) is 44.3 Å². The number of nitrogens with zero attached hydrogens (tertiary/aromatic N) is 3. The molecule has 1 N–H and O–H groups in total. The van der Waals surface area contributed by atoms with Gasteiger partial charge in [0.1, 0.15) is 5.82 Å². The Morgan fingerprint density at radius 3 is 2.55 bits per heavy atom. The van der Waals surface area contributed by atoms with Gasteiger partial charge in [-0.3, -0.25) is 9.36 Å². The molecule has 5 heterocycles. The van der Waals surface area contributed by atoms with E-state index in [0.717, 1.165) is 56.0 Å². The van der Waals surface area contributed by atoms with Crippen molar-refractivity contribution in [1.82, 2.24) is 14.9 Å². The monoisotopic (exact) mass is 462 g/mol. The highest BCUT2D eigenvalue weighted by Crippen LogP contribution is 2.50. The molecule has 0 bridgehead atoms. The van der Waals surface area contributed by atoms with E-state index < -0.39 is 0 Å². The summed E-state index contributed by atoms with van der Waals surface area (Å²) in [5.74, 6) is 0.843. The van der Waals surface area contributed by atoms with Crippen LogP contribution < -0.4 is 15.8 Å². The molecule has 170 valence electrons.